The molecule has 0 amide bonds. The fourth-order valence-electron chi connectivity index (χ4n) is 6.39. The van der Waals surface area contributed by atoms with E-state index < -0.39 is 101 Å². The van der Waals surface area contributed by atoms with Gasteiger partial charge in [-0.2, -0.15) is 0 Å². The van der Waals surface area contributed by atoms with Crippen LogP contribution in [-0.4, -0.2) is 0 Å². The Morgan fingerprint density at radius 2 is 1.14 bits per heavy atom. The minimum absolute atomic E-state index is 0.0793. The molecule has 0 aliphatic heterocycles. The number of para-hydroxylation sites is 2. The number of anilines is 3. The minimum Gasteiger partial charge on any atom is -0.456 e. The summed E-state index contributed by atoms with van der Waals surface area (Å²) in [5, 5.41) is 2.71. The summed E-state index contributed by atoms with van der Waals surface area (Å²) in [7, 11) is 0. The Kier molecular flexibility index (Phi) is 3.70. The van der Waals surface area contributed by atoms with Crippen molar-refractivity contribution in [2.75, 3.05) is 4.90 Å². The van der Waals surface area contributed by atoms with E-state index in [1.54, 1.807) is 12.1 Å². The highest BCUT2D eigenvalue weighted by molar-refractivity contribution is 6.22. The maximum absolute atomic E-state index is 9.64. The summed E-state index contributed by atoms with van der Waals surface area (Å²) in [4.78, 5) is 1.26. The molecule has 10 rings (SSSR count). The average molecular weight is 643 g/mol. The molecule has 0 aliphatic rings. The number of nitrogens with zero attached hydrogens (tertiary/aromatic N) is 1. The predicted molar refractivity (Wildman–Crippen MR) is 204 cm³/mol. The van der Waals surface area contributed by atoms with E-state index in [0.717, 1.165) is 21.9 Å². The van der Waals surface area contributed by atoms with Crippen LogP contribution in [0.4, 0.5) is 17.1 Å². The first-order valence-corrected chi connectivity index (χ1v) is 15.4. The van der Waals surface area contributed by atoms with Crippen molar-refractivity contribution >= 4 is 71.7 Å². The highest BCUT2D eigenvalue weighted by Gasteiger charge is 2.20. The van der Waals surface area contributed by atoms with E-state index in [2.05, 4.69) is 0 Å². The quantitative estimate of drug-likeness (QED) is 0.187. The van der Waals surface area contributed by atoms with Crippen LogP contribution in [0.3, 0.4) is 0 Å². The van der Waals surface area contributed by atoms with Crippen LogP contribution in [0.1, 0.15) is 20.6 Å². The second kappa shape index (κ2) is 11.0. The Bertz CT molecular complexity index is 3640. The van der Waals surface area contributed by atoms with Gasteiger partial charge in [0, 0.05) is 44.6 Å². The number of rotatable bonds is 5. The van der Waals surface area contributed by atoms with E-state index >= 15 is 0 Å². The second-order valence-corrected chi connectivity index (χ2v) is 11.4. The fourth-order valence-corrected chi connectivity index (χ4v) is 6.39. The van der Waals surface area contributed by atoms with Gasteiger partial charge in [-0.3, -0.25) is 0 Å². The third-order valence-electron chi connectivity index (χ3n) is 8.56. The molecule has 0 bridgehead atoms. The Balaban J connectivity index is 1.34. The van der Waals surface area contributed by atoms with Gasteiger partial charge in [-0.05, 0) is 87.5 Å². The Morgan fingerprint density at radius 3 is 2.02 bits per heavy atom. The van der Waals surface area contributed by atoms with Crippen molar-refractivity contribution in [1.82, 2.24) is 0 Å². The summed E-state index contributed by atoms with van der Waals surface area (Å²) in [5.74, 6) is 0. The van der Waals surface area contributed by atoms with Crippen LogP contribution in [0.2, 0.25) is 0 Å². The maximum atomic E-state index is 9.64. The lowest BCUT2D eigenvalue weighted by atomic mass is 9.94. The molecule has 0 saturated carbocycles. The van der Waals surface area contributed by atoms with E-state index in [-0.39, 0.29) is 39.4 Å². The summed E-state index contributed by atoms with van der Waals surface area (Å²) < 4.78 is 145. The topological polar surface area (TPSA) is 29.5 Å². The normalized spacial score (nSPS) is 16.0. The van der Waals surface area contributed by atoms with E-state index in [9.17, 15) is 8.22 Å². The van der Waals surface area contributed by atoms with Gasteiger partial charge in [0.1, 0.15) is 22.3 Å². The lowest BCUT2D eigenvalue weighted by Crippen LogP contribution is -2.10. The summed E-state index contributed by atoms with van der Waals surface area (Å²) in [6.07, 6.45) is 0. The predicted octanol–water partition coefficient (Wildman–Crippen LogP) is 13.4. The van der Waals surface area contributed by atoms with Crippen LogP contribution >= 0.6 is 0 Å². The molecular weight excluding hydrogens is 599 g/mol. The molecule has 0 radical (unpaired) electrons. The van der Waals surface area contributed by atoms with Crippen molar-refractivity contribution in [2.24, 2.45) is 0 Å². The zero-order chi connectivity index (χ0) is 45.4. The van der Waals surface area contributed by atoms with Crippen molar-refractivity contribution in [2.45, 2.75) is 0 Å². The van der Waals surface area contributed by atoms with E-state index in [1.165, 1.54) is 11.0 Å². The van der Waals surface area contributed by atoms with Crippen molar-refractivity contribution in [3.63, 3.8) is 0 Å². The molecule has 230 valence electrons. The summed E-state index contributed by atoms with van der Waals surface area (Å²) >= 11 is 0. The zero-order valence-electron chi connectivity index (χ0n) is 40.3. The monoisotopic (exact) mass is 642 g/mol. The molecular formula is C46H29NO2. The molecule has 3 heteroatoms. The molecule has 49 heavy (non-hydrogen) atoms. The van der Waals surface area contributed by atoms with E-state index in [0.29, 0.717) is 21.9 Å². The molecule has 0 unspecified atom stereocenters. The first-order valence-electron chi connectivity index (χ1n) is 22.9. The van der Waals surface area contributed by atoms with Gasteiger partial charge in [0.05, 0.1) is 20.6 Å². The number of hydrogen-bond donors (Lipinski definition) is 0. The third kappa shape index (κ3) is 4.51. The minimum atomic E-state index is -0.749. The van der Waals surface area contributed by atoms with Gasteiger partial charge in [-0.15, -0.1) is 0 Å². The van der Waals surface area contributed by atoms with Crippen molar-refractivity contribution < 1.29 is 29.4 Å². The van der Waals surface area contributed by atoms with Crippen molar-refractivity contribution in [3.05, 3.63) is 176 Å². The molecule has 0 atom stereocenters. The molecule has 0 spiro atoms. The SMILES string of the molecule is [2H]c1c([2H])c([2H])c(-c2c([2H])c([2H])c(N(c3ccc4c(-c5ccccc5)cc5oc6ccccc6c5c4c3)c3cc([2H])c4c(oc5c([2H])c([2H])c([2H])c([2H])c54)c3[2H])c([2H])c2[2H])c([2H])c1[2H]. The summed E-state index contributed by atoms with van der Waals surface area (Å²) in [5.41, 5.74) is 0.749. The van der Waals surface area contributed by atoms with Crippen LogP contribution in [0.15, 0.2) is 184 Å². The molecule has 0 N–H and O–H groups in total. The zero-order valence-corrected chi connectivity index (χ0v) is 25.3. The molecule has 0 aliphatic carbocycles. The Labute approximate surface area is 303 Å². The molecule has 2 aromatic heterocycles. The standard InChI is InChI=1S/C46H29NO2/c1-3-11-30(12-4-1)31-19-21-33(22-20-31)47(35-24-26-38-37-15-7-9-17-42(37)48-44(38)28-35)34-23-25-36-40(32-13-5-2-6-14-32)29-45-46(41(36)27-34)39-16-8-10-18-43(39)49-45/h1-29H/i1D,3D,4D,7D,9D,11D,12D,15D,17D,19D,20D,21D,22D,26D,28D. The lowest BCUT2D eigenvalue weighted by Gasteiger charge is -2.26. The van der Waals surface area contributed by atoms with Crippen molar-refractivity contribution in [3.8, 4) is 22.3 Å². The van der Waals surface area contributed by atoms with Gasteiger partial charge in [0.2, 0.25) is 0 Å². The van der Waals surface area contributed by atoms with E-state index in [1.807, 2.05) is 66.7 Å². The van der Waals surface area contributed by atoms with E-state index in [4.69, 9.17) is 21.2 Å². The fraction of sp³-hybridized carbons (Fsp3) is 0. The molecule has 2 heterocycles. The van der Waals surface area contributed by atoms with Gasteiger partial charge >= 0.3 is 0 Å². The van der Waals surface area contributed by atoms with Crippen LogP contribution in [0.5, 0.6) is 0 Å². The van der Waals surface area contributed by atoms with Gasteiger partial charge in [0.15, 0.2) is 0 Å². The molecule has 3 nitrogen and oxygen atoms in total. The summed E-state index contributed by atoms with van der Waals surface area (Å²) in [6.45, 7) is 0. The largest absolute Gasteiger partial charge is 0.456 e. The smallest absolute Gasteiger partial charge is 0.137 e. The number of fused-ring (bicyclic) bond motifs is 8. The Morgan fingerprint density at radius 1 is 0.408 bits per heavy atom. The van der Waals surface area contributed by atoms with Crippen LogP contribution in [0, 0.1) is 0 Å². The number of furan rings is 2. The molecule has 10 aromatic rings. The highest BCUT2D eigenvalue weighted by Crippen LogP contribution is 2.44. The molecule has 0 fully saturated rings. The first kappa shape index (κ1) is 16.5. The first-order chi connectivity index (χ1) is 30.5. The summed E-state index contributed by atoms with van der Waals surface area (Å²) in [6, 6.07) is 16.0. The van der Waals surface area contributed by atoms with Crippen LogP contribution < -0.4 is 4.90 Å². The average Bonchev–Trinajstić information content (AvgIpc) is 3.90. The molecule has 8 aromatic carbocycles. The lowest BCUT2D eigenvalue weighted by molar-refractivity contribution is 0.669. The maximum Gasteiger partial charge on any atom is 0.137 e. The number of benzene rings is 8. The van der Waals surface area contributed by atoms with Crippen LogP contribution in [0.25, 0.3) is 76.9 Å². The van der Waals surface area contributed by atoms with Gasteiger partial charge in [-0.25, -0.2) is 0 Å². The highest BCUT2D eigenvalue weighted by atomic mass is 16.3. The Hall–Kier alpha value is -6.58. The van der Waals surface area contributed by atoms with Gasteiger partial charge < -0.3 is 13.7 Å². The van der Waals surface area contributed by atoms with Gasteiger partial charge in [-0.1, -0.05) is 115 Å². The number of hydrogen-bond acceptors (Lipinski definition) is 3. The third-order valence-corrected chi connectivity index (χ3v) is 8.56. The molecule has 0 saturated heterocycles. The van der Waals surface area contributed by atoms with Crippen molar-refractivity contribution in [1.29, 1.82) is 0 Å². The van der Waals surface area contributed by atoms with Gasteiger partial charge in [0.25, 0.3) is 0 Å². The second-order valence-electron chi connectivity index (χ2n) is 11.4. The van der Waals surface area contributed by atoms with Crippen LogP contribution in [-0.2, 0) is 0 Å².